The average Bonchev–Trinajstić information content (AvgIpc) is 2.38. The van der Waals surface area contributed by atoms with Crippen LogP contribution in [0.5, 0.6) is 0 Å². The van der Waals surface area contributed by atoms with E-state index < -0.39 is 0 Å². The molecule has 0 amide bonds. The Morgan fingerprint density at radius 2 is 1.82 bits per heavy atom. The average molecular weight is 231 g/mol. The molecular formula is C13H14FN3. The van der Waals surface area contributed by atoms with Crippen LogP contribution in [-0.2, 0) is 6.42 Å². The van der Waals surface area contributed by atoms with Crippen LogP contribution in [-0.4, -0.2) is 9.97 Å². The normalized spacial score (nSPS) is 12.4. The van der Waals surface area contributed by atoms with Gasteiger partial charge in [-0.2, -0.15) is 0 Å². The fourth-order valence-electron chi connectivity index (χ4n) is 1.71. The summed E-state index contributed by atoms with van der Waals surface area (Å²) < 4.78 is 13.4. The van der Waals surface area contributed by atoms with Crippen LogP contribution in [0.1, 0.15) is 23.6 Å². The predicted molar refractivity (Wildman–Crippen MR) is 63.7 cm³/mol. The van der Waals surface area contributed by atoms with E-state index >= 15 is 0 Å². The van der Waals surface area contributed by atoms with Gasteiger partial charge in [0.25, 0.3) is 0 Å². The van der Waals surface area contributed by atoms with Crippen LogP contribution in [0, 0.1) is 5.82 Å². The second-order valence-corrected chi connectivity index (χ2v) is 3.90. The zero-order chi connectivity index (χ0) is 12.1. The quantitative estimate of drug-likeness (QED) is 0.878. The lowest BCUT2D eigenvalue weighted by Gasteiger charge is -2.12. The van der Waals surface area contributed by atoms with E-state index in [1.165, 1.54) is 6.20 Å². The molecule has 2 aromatic heterocycles. The summed E-state index contributed by atoms with van der Waals surface area (Å²) in [4.78, 5) is 7.65. The second-order valence-electron chi connectivity index (χ2n) is 3.90. The van der Waals surface area contributed by atoms with Gasteiger partial charge >= 0.3 is 0 Å². The van der Waals surface area contributed by atoms with Crippen molar-refractivity contribution in [3.63, 3.8) is 0 Å². The summed E-state index contributed by atoms with van der Waals surface area (Å²) in [5.74, 6) is -0.338. The highest BCUT2D eigenvalue weighted by atomic mass is 19.1. The molecule has 2 rings (SSSR count). The summed E-state index contributed by atoms with van der Waals surface area (Å²) in [6.45, 7) is 0. The van der Waals surface area contributed by atoms with Crippen molar-refractivity contribution in [2.75, 3.05) is 0 Å². The van der Waals surface area contributed by atoms with E-state index in [0.29, 0.717) is 12.0 Å². The van der Waals surface area contributed by atoms with Crippen LogP contribution >= 0.6 is 0 Å². The van der Waals surface area contributed by atoms with E-state index in [9.17, 15) is 4.39 Å². The minimum absolute atomic E-state index is 0.300. The number of nitrogens with zero attached hydrogens (tertiary/aromatic N) is 2. The lowest BCUT2D eigenvalue weighted by atomic mass is 10.0. The minimum atomic E-state index is -0.338. The minimum Gasteiger partial charge on any atom is -0.324 e. The smallest absolute Gasteiger partial charge is 0.146 e. The van der Waals surface area contributed by atoms with E-state index in [0.717, 1.165) is 12.0 Å². The molecule has 88 valence electrons. The van der Waals surface area contributed by atoms with Gasteiger partial charge in [-0.05, 0) is 36.6 Å². The topological polar surface area (TPSA) is 51.8 Å². The maximum Gasteiger partial charge on any atom is 0.146 e. The fraction of sp³-hybridized carbons (Fsp3) is 0.231. The molecule has 4 heteroatoms. The summed E-state index contributed by atoms with van der Waals surface area (Å²) in [7, 11) is 0. The summed E-state index contributed by atoms with van der Waals surface area (Å²) in [5, 5.41) is 0. The van der Waals surface area contributed by atoms with Crippen molar-refractivity contribution < 1.29 is 4.39 Å². The molecule has 0 spiro atoms. The van der Waals surface area contributed by atoms with Crippen molar-refractivity contribution in [2.24, 2.45) is 5.73 Å². The lowest BCUT2D eigenvalue weighted by Crippen LogP contribution is -2.13. The van der Waals surface area contributed by atoms with Gasteiger partial charge < -0.3 is 5.73 Å². The number of pyridine rings is 2. The van der Waals surface area contributed by atoms with Crippen molar-refractivity contribution in [3.8, 4) is 0 Å². The van der Waals surface area contributed by atoms with Crippen LogP contribution in [0.3, 0.4) is 0 Å². The molecule has 2 heterocycles. The third-order valence-electron chi connectivity index (χ3n) is 2.70. The van der Waals surface area contributed by atoms with Gasteiger partial charge in [0.2, 0.25) is 0 Å². The van der Waals surface area contributed by atoms with E-state index in [1.807, 2.05) is 12.1 Å². The maximum atomic E-state index is 13.4. The third-order valence-corrected chi connectivity index (χ3v) is 2.70. The summed E-state index contributed by atoms with van der Waals surface area (Å²) >= 11 is 0. The van der Waals surface area contributed by atoms with E-state index in [4.69, 9.17) is 5.73 Å². The first-order chi connectivity index (χ1) is 8.27. The number of rotatable bonds is 4. The molecule has 0 fully saturated rings. The van der Waals surface area contributed by atoms with Crippen LogP contribution in [0.25, 0.3) is 0 Å². The highest BCUT2D eigenvalue weighted by molar-refractivity contribution is 5.18. The molecule has 1 atom stereocenters. The molecule has 0 saturated heterocycles. The number of hydrogen-bond acceptors (Lipinski definition) is 3. The van der Waals surface area contributed by atoms with Crippen molar-refractivity contribution in [2.45, 2.75) is 18.9 Å². The zero-order valence-electron chi connectivity index (χ0n) is 9.38. The van der Waals surface area contributed by atoms with Crippen LogP contribution in [0.2, 0.25) is 0 Å². The molecule has 3 nitrogen and oxygen atoms in total. The van der Waals surface area contributed by atoms with Gasteiger partial charge in [-0.3, -0.25) is 9.97 Å². The standard InChI is InChI=1S/C13H14FN3/c14-12-9-17-8-5-11(12)13(15)2-1-10-3-6-16-7-4-10/h3-9,13H,1-2,15H2. The first-order valence-electron chi connectivity index (χ1n) is 5.51. The zero-order valence-corrected chi connectivity index (χ0v) is 9.38. The molecule has 2 aromatic rings. The summed E-state index contributed by atoms with van der Waals surface area (Å²) in [6.07, 6.45) is 7.75. The van der Waals surface area contributed by atoms with Gasteiger partial charge in [0.1, 0.15) is 5.82 Å². The maximum absolute atomic E-state index is 13.4. The summed E-state index contributed by atoms with van der Waals surface area (Å²) in [5.41, 5.74) is 7.64. The Morgan fingerprint density at radius 1 is 1.12 bits per heavy atom. The monoisotopic (exact) mass is 231 g/mol. The molecule has 0 aliphatic heterocycles. The Kier molecular flexibility index (Phi) is 3.77. The van der Waals surface area contributed by atoms with Gasteiger partial charge in [0, 0.05) is 30.2 Å². The Labute approximate surface area is 99.5 Å². The van der Waals surface area contributed by atoms with Crippen LogP contribution < -0.4 is 5.73 Å². The van der Waals surface area contributed by atoms with Gasteiger partial charge in [-0.25, -0.2) is 4.39 Å². The van der Waals surface area contributed by atoms with E-state index in [2.05, 4.69) is 9.97 Å². The number of hydrogen-bond donors (Lipinski definition) is 1. The molecule has 17 heavy (non-hydrogen) atoms. The molecule has 0 bridgehead atoms. The van der Waals surface area contributed by atoms with Crippen molar-refractivity contribution in [1.82, 2.24) is 9.97 Å². The van der Waals surface area contributed by atoms with Crippen LogP contribution in [0.15, 0.2) is 43.0 Å². The van der Waals surface area contributed by atoms with Gasteiger partial charge in [0.15, 0.2) is 0 Å². The molecule has 0 aliphatic rings. The van der Waals surface area contributed by atoms with Gasteiger partial charge in [-0.15, -0.1) is 0 Å². The van der Waals surface area contributed by atoms with Gasteiger partial charge in [0.05, 0.1) is 6.20 Å². The Hall–Kier alpha value is -1.81. The Bertz CT molecular complexity index is 473. The second kappa shape index (κ2) is 5.50. The summed E-state index contributed by atoms with van der Waals surface area (Å²) in [6, 6.07) is 5.21. The molecule has 0 radical (unpaired) electrons. The van der Waals surface area contributed by atoms with Crippen molar-refractivity contribution in [1.29, 1.82) is 0 Å². The Morgan fingerprint density at radius 3 is 2.53 bits per heavy atom. The highest BCUT2D eigenvalue weighted by Gasteiger charge is 2.10. The molecule has 1 unspecified atom stereocenters. The SMILES string of the molecule is NC(CCc1ccncc1)c1ccncc1F. The van der Waals surface area contributed by atoms with Crippen molar-refractivity contribution in [3.05, 3.63) is 59.9 Å². The number of halogens is 1. The van der Waals surface area contributed by atoms with Crippen LogP contribution in [0.4, 0.5) is 4.39 Å². The van der Waals surface area contributed by atoms with E-state index in [-0.39, 0.29) is 11.9 Å². The molecule has 0 aromatic carbocycles. The molecule has 0 saturated carbocycles. The highest BCUT2D eigenvalue weighted by Crippen LogP contribution is 2.18. The number of aromatic nitrogens is 2. The largest absolute Gasteiger partial charge is 0.324 e. The first-order valence-corrected chi connectivity index (χ1v) is 5.51. The number of nitrogens with two attached hydrogens (primary N) is 1. The fourth-order valence-corrected chi connectivity index (χ4v) is 1.71. The number of aryl methyl sites for hydroxylation is 1. The van der Waals surface area contributed by atoms with Gasteiger partial charge in [-0.1, -0.05) is 0 Å². The lowest BCUT2D eigenvalue weighted by molar-refractivity contribution is 0.559. The first kappa shape index (κ1) is 11.7. The Balaban J connectivity index is 1.99. The third kappa shape index (κ3) is 3.07. The van der Waals surface area contributed by atoms with Crippen molar-refractivity contribution >= 4 is 0 Å². The molecule has 0 aliphatic carbocycles. The predicted octanol–water partition coefficient (Wildman–Crippen LogP) is 2.25. The van der Waals surface area contributed by atoms with E-state index in [1.54, 1.807) is 24.7 Å². The molecule has 2 N–H and O–H groups in total. The molecular weight excluding hydrogens is 217 g/mol.